The Morgan fingerprint density at radius 2 is 1.88 bits per heavy atom. The lowest BCUT2D eigenvalue weighted by molar-refractivity contribution is 0.129. The van der Waals surface area contributed by atoms with Crippen LogP contribution in [-0.2, 0) is 4.74 Å². The first-order valence-corrected chi connectivity index (χ1v) is 9.57. The van der Waals surface area contributed by atoms with Crippen LogP contribution in [0.2, 0.25) is 0 Å². The average Bonchev–Trinajstić information content (AvgIpc) is 2.65. The van der Waals surface area contributed by atoms with Crippen molar-refractivity contribution in [2.24, 2.45) is 4.99 Å². The fourth-order valence-electron chi connectivity index (χ4n) is 3.02. The van der Waals surface area contributed by atoms with E-state index in [1.165, 1.54) is 6.42 Å². The molecule has 0 spiro atoms. The van der Waals surface area contributed by atoms with Crippen molar-refractivity contribution in [2.75, 3.05) is 39.9 Å². The zero-order chi connectivity index (χ0) is 17.7. The van der Waals surface area contributed by atoms with E-state index in [9.17, 15) is 0 Å². The van der Waals surface area contributed by atoms with Gasteiger partial charge < -0.3 is 19.7 Å². The number of unbranched alkanes of at least 4 members (excludes halogenated alkanes) is 2. The lowest BCUT2D eigenvalue weighted by Crippen LogP contribution is -2.47. The van der Waals surface area contributed by atoms with Crippen LogP contribution in [0.15, 0.2) is 35.3 Å². The molecule has 0 radical (unpaired) electrons. The van der Waals surface area contributed by atoms with E-state index < -0.39 is 0 Å². The second kappa shape index (κ2) is 14.1. The molecule has 1 aromatic rings. The maximum atomic E-state index is 6.08. The summed E-state index contributed by atoms with van der Waals surface area (Å²) in [5.41, 5.74) is 0. The molecule has 26 heavy (non-hydrogen) atoms. The summed E-state index contributed by atoms with van der Waals surface area (Å²) < 4.78 is 11.2. The molecule has 0 amide bonds. The van der Waals surface area contributed by atoms with Crippen molar-refractivity contribution in [2.45, 2.75) is 45.1 Å². The summed E-state index contributed by atoms with van der Waals surface area (Å²) in [4.78, 5) is 7.16. The molecule has 0 aliphatic carbocycles. The van der Waals surface area contributed by atoms with Gasteiger partial charge in [0.25, 0.3) is 0 Å². The van der Waals surface area contributed by atoms with Crippen molar-refractivity contribution >= 4 is 29.9 Å². The number of halogens is 1. The van der Waals surface area contributed by atoms with Gasteiger partial charge in [-0.05, 0) is 38.3 Å². The molecular formula is C20H34IN3O2. The first-order valence-electron chi connectivity index (χ1n) is 9.57. The molecule has 1 aromatic carbocycles. The fourth-order valence-corrected chi connectivity index (χ4v) is 3.02. The number of guanidine groups is 1. The maximum absolute atomic E-state index is 6.08. The molecule has 6 heteroatoms. The van der Waals surface area contributed by atoms with Crippen molar-refractivity contribution in [1.82, 2.24) is 10.2 Å². The highest BCUT2D eigenvalue weighted by atomic mass is 127. The monoisotopic (exact) mass is 475 g/mol. The predicted molar refractivity (Wildman–Crippen MR) is 119 cm³/mol. The molecular weight excluding hydrogens is 441 g/mol. The summed E-state index contributed by atoms with van der Waals surface area (Å²) in [6.07, 6.45) is 5.77. The average molecular weight is 475 g/mol. The molecule has 2 rings (SSSR count). The number of rotatable bonds is 9. The van der Waals surface area contributed by atoms with Gasteiger partial charge in [0, 0.05) is 52.7 Å². The molecule has 1 saturated heterocycles. The number of aliphatic imine (C=N–C) groups is 1. The van der Waals surface area contributed by atoms with Crippen LogP contribution in [0.1, 0.15) is 39.0 Å². The minimum absolute atomic E-state index is 0. The quantitative estimate of drug-likeness (QED) is 0.255. The summed E-state index contributed by atoms with van der Waals surface area (Å²) >= 11 is 0. The second-order valence-electron chi connectivity index (χ2n) is 6.41. The molecule has 1 heterocycles. The van der Waals surface area contributed by atoms with Gasteiger partial charge in [0.2, 0.25) is 0 Å². The maximum Gasteiger partial charge on any atom is 0.193 e. The molecule has 1 aliphatic heterocycles. The first kappa shape index (κ1) is 23.0. The summed E-state index contributed by atoms with van der Waals surface area (Å²) in [6, 6.07) is 10.1. The van der Waals surface area contributed by atoms with Crippen LogP contribution in [0, 0.1) is 0 Å². The molecule has 0 aromatic heterocycles. The number of para-hydroxylation sites is 1. The van der Waals surface area contributed by atoms with Gasteiger partial charge in [-0.2, -0.15) is 0 Å². The fraction of sp³-hybridized carbons (Fsp3) is 0.650. The Balaban J connectivity index is 0.00000338. The Labute approximate surface area is 175 Å². The number of nitrogens with one attached hydrogen (secondary N) is 1. The van der Waals surface area contributed by atoms with Gasteiger partial charge in [0.15, 0.2) is 5.96 Å². The van der Waals surface area contributed by atoms with E-state index in [1.807, 2.05) is 30.3 Å². The highest BCUT2D eigenvalue weighted by molar-refractivity contribution is 14.0. The summed E-state index contributed by atoms with van der Waals surface area (Å²) in [5.74, 6) is 2.02. The van der Waals surface area contributed by atoms with Crippen LogP contribution in [0.3, 0.4) is 0 Å². The van der Waals surface area contributed by atoms with E-state index in [2.05, 4.69) is 17.1 Å². The molecule has 1 N–H and O–H groups in total. The molecule has 1 fully saturated rings. The number of piperidine rings is 1. The van der Waals surface area contributed by atoms with Gasteiger partial charge in [0.05, 0.1) is 0 Å². The Hall–Kier alpha value is -1.02. The summed E-state index contributed by atoms with van der Waals surface area (Å²) in [5, 5.41) is 3.43. The van der Waals surface area contributed by atoms with E-state index >= 15 is 0 Å². The third-order valence-corrected chi connectivity index (χ3v) is 4.39. The van der Waals surface area contributed by atoms with E-state index in [1.54, 1.807) is 7.11 Å². The number of hydrogen-bond acceptors (Lipinski definition) is 3. The topological polar surface area (TPSA) is 46.1 Å². The predicted octanol–water partition coefficient (Wildman–Crippen LogP) is 3.93. The Kier molecular flexibility index (Phi) is 12.5. The minimum atomic E-state index is 0. The van der Waals surface area contributed by atoms with Gasteiger partial charge in [-0.15, -0.1) is 24.0 Å². The molecule has 5 nitrogen and oxygen atoms in total. The molecule has 0 atom stereocenters. The summed E-state index contributed by atoms with van der Waals surface area (Å²) in [6.45, 7) is 6.74. The van der Waals surface area contributed by atoms with Crippen molar-refractivity contribution in [3.63, 3.8) is 0 Å². The third-order valence-electron chi connectivity index (χ3n) is 4.39. The van der Waals surface area contributed by atoms with Crippen LogP contribution in [0.5, 0.6) is 5.75 Å². The van der Waals surface area contributed by atoms with Crippen LogP contribution in [0.25, 0.3) is 0 Å². The molecule has 1 aliphatic rings. The van der Waals surface area contributed by atoms with Gasteiger partial charge >= 0.3 is 0 Å². The lowest BCUT2D eigenvalue weighted by atomic mass is 10.1. The van der Waals surface area contributed by atoms with E-state index in [4.69, 9.17) is 14.5 Å². The van der Waals surface area contributed by atoms with Gasteiger partial charge in [-0.3, -0.25) is 4.99 Å². The third kappa shape index (κ3) is 8.58. The normalized spacial score (nSPS) is 15.5. The molecule has 0 saturated carbocycles. The highest BCUT2D eigenvalue weighted by Gasteiger charge is 2.22. The Morgan fingerprint density at radius 3 is 2.54 bits per heavy atom. The highest BCUT2D eigenvalue weighted by Crippen LogP contribution is 2.18. The van der Waals surface area contributed by atoms with Crippen LogP contribution in [-0.4, -0.2) is 56.9 Å². The molecule has 148 valence electrons. The number of nitrogens with zero attached hydrogens (tertiary/aromatic N) is 2. The number of likely N-dealkylation sites (tertiary alicyclic amines) is 1. The van der Waals surface area contributed by atoms with Gasteiger partial charge in [-0.1, -0.05) is 18.2 Å². The lowest BCUT2D eigenvalue weighted by Gasteiger charge is -2.34. The zero-order valence-corrected chi connectivity index (χ0v) is 18.5. The van der Waals surface area contributed by atoms with E-state index in [-0.39, 0.29) is 24.0 Å². The Bertz CT molecular complexity index is 491. The van der Waals surface area contributed by atoms with E-state index in [0.717, 1.165) is 70.2 Å². The smallest absolute Gasteiger partial charge is 0.193 e. The van der Waals surface area contributed by atoms with Gasteiger partial charge in [-0.25, -0.2) is 0 Å². The largest absolute Gasteiger partial charge is 0.490 e. The van der Waals surface area contributed by atoms with Crippen LogP contribution >= 0.6 is 24.0 Å². The Morgan fingerprint density at radius 1 is 1.15 bits per heavy atom. The van der Waals surface area contributed by atoms with Crippen molar-refractivity contribution in [3.05, 3.63) is 30.3 Å². The van der Waals surface area contributed by atoms with Crippen LogP contribution in [0.4, 0.5) is 0 Å². The number of methoxy groups -OCH3 is 1. The number of benzene rings is 1. The van der Waals surface area contributed by atoms with Crippen molar-refractivity contribution < 1.29 is 9.47 Å². The second-order valence-corrected chi connectivity index (χ2v) is 6.41. The van der Waals surface area contributed by atoms with Crippen molar-refractivity contribution in [1.29, 1.82) is 0 Å². The molecule has 0 unspecified atom stereocenters. The number of hydrogen-bond donors (Lipinski definition) is 1. The molecule has 0 bridgehead atoms. The zero-order valence-electron chi connectivity index (χ0n) is 16.2. The standard InChI is InChI=1S/C20H33N3O2.HI/c1-3-21-20(22-14-8-5-9-17-24-2)23-15-12-19(13-16-23)25-18-10-6-4-7-11-18;/h4,6-7,10-11,19H,3,5,8-9,12-17H2,1-2H3,(H,21,22);1H. The van der Waals surface area contributed by atoms with Crippen molar-refractivity contribution in [3.8, 4) is 5.75 Å². The minimum Gasteiger partial charge on any atom is -0.490 e. The SMILES string of the molecule is CCNC(=NCCCCCOC)N1CCC(Oc2ccccc2)CC1.I. The van der Waals surface area contributed by atoms with E-state index in [0.29, 0.717) is 6.10 Å². The first-order chi connectivity index (χ1) is 12.3. The summed E-state index contributed by atoms with van der Waals surface area (Å²) in [7, 11) is 1.76. The van der Waals surface area contributed by atoms with Gasteiger partial charge in [0.1, 0.15) is 11.9 Å². The number of ether oxygens (including phenoxy) is 2. The van der Waals surface area contributed by atoms with Crippen LogP contribution < -0.4 is 10.1 Å².